The van der Waals surface area contributed by atoms with Crippen molar-refractivity contribution in [2.75, 3.05) is 25.6 Å². The van der Waals surface area contributed by atoms with Gasteiger partial charge in [-0.05, 0) is 67.7 Å². The largest absolute Gasteiger partial charge is 0.497 e. The van der Waals surface area contributed by atoms with Gasteiger partial charge in [0.25, 0.3) is 5.91 Å². The predicted molar refractivity (Wildman–Crippen MR) is 119 cm³/mol. The van der Waals surface area contributed by atoms with Gasteiger partial charge in [0.1, 0.15) is 18.0 Å². The Labute approximate surface area is 184 Å². The Kier molecular flexibility index (Phi) is 7.39. The summed E-state index contributed by atoms with van der Waals surface area (Å²) in [5, 5.41) is 12.4. The normalized spacial score (nSPS) is 10.4. The maximum atomic E-state index is 12.6. The number of amides is 2. The highest BCUT2D eigenvalue weighted by Gasteiger charge is 2.13. The molecule has 3 rings (SSSR count). The average Bonchev–Trinajstić information content (AvgIpc) is 3.13. The molecule has 1 heterocycles. The highest BCUT2D eigenvalue weighted by molar-refractivity contribution is 7.71. The number of carbonyl (C=O) groups is 2. The van der Waals surface area contributed by atoms with Crippen molar-refractivity contribution in [3.63, 3.8) is 0 Å². The van der Waals surface area contributed by atoms with Crippen LogP contribution in [0.15, 0.2) is 48.5 Å². The van der Waals surface area contributed by atoms with Gasteiger partial charge in [0.15, 0.2) is 17.2 Å². The molecule has 10 heteroatoms. The number of rotatable bonds is 9. The van der Waals surface area contributed by atoms with Crippen LogP contribution in [-0.2, 0) is 16.1 Å². The Morgan fingerprint density at radius 3 is 2.39 bits per heavy atom. The van der Waals surface area contributed by atoms with Gasteiger partial charge in [0, 0.05) is 17.8 Å². The first kappa shape index (κ1) is 22.0. The molecule has 2 amide bonds. The minimum absolute atomic E-state index is 0.00780. The van der Waals surface area contributed by atoms with Crippen LogP contribution in [0.5, 0.6) is 11.5 Å². The van der Waals surface area contributed by atoms with Crippen LogP contribution < -0.4 is 20.1 Å². The van der Waals surface area contributed by atoms with E-state index in [1.54, 1.807) is 35.9 Å². The van der Waals surface area contributed by atoms with Gasteiger partial charge in [0.2, 0.25) is 5.91 Å². The van der Waals surface area contributed by atoms with Gasteiger partial charge in [-0.15, -0.1) is 0 Å². The zero-order valence-corrected chi connectivity index (χ0v) is 18.0. The number of likely N-dealkylation sites (N-methyl/N-ethyl adjacent to an activating group) is 1. The number of nitrogens with one attached hydrogen (secondary N) is 3. The molecule has 0 aliphatic carbocycles. The van der Waals surface area contributed by atoms with Crippen molar-refractivity contribution in [3.05, 3.63) is 53.3 Å². The molecule has 162 valence electrons. The second-order valence-electron chi connectivity index (χ2n) is 6.48. The van der Waals surface area contributed by atoms with Crippen LogP contribution in [0.4, 0.5) is 5.69 Å². The smallest absolute Gasteiger partial charge is 0.257 e. The third kappa shape index (κ3) is 5.92. The van der Waals surface area contributed by atoms with Gasteiger partial charge in [-0.25, -0.2) is 0 Å². The molecule has 0 atom stereocenters. The van der Waals surface area contributed by atoms with Crippen LogP contribution in [0.1, 0.15) is 6.92 Å². The number of hydrogen-bond acceptors (Lipinski definition) is 6. The van der Waals surface area contributed by atoms with E-state index in [2.05, 4.69) is 20.8 Å². The van der Waals surface area contributed by atoms with E-state index in [9.17, 15) is 9.59 Å². The van der Waals surface area contributed by atoms with Gasteiger partial charge in [-0.3, -0.25) is 19.3 Å². The number of hydrogen-bond donors (Lipinski definition) is 3. The zero-order chi connectivity index (χ0) is 22.2. The first-order valence-corrected chi connectivity index (χ1v) is 10.00. The van der Waals surface area contributed by atoms with Crippen molar-refractivity contribution < 1.29 is 19.1 Å². The molecule has 3 aromatic rings. The van der Waals surface area contributed by atoms with E-state index in [0.29, 0.717) is 28.6 Å². The van der Waals surface area contributed by atoms with Crippen molar-refractivity contribution in [1.82, 2.24) is 20.1 Å². The summed E-state index contributed by atoms with van der Waals surface area (Å²) in [6, 6.07) is 14.1. The molecule has 2 aromatic carbocycles. The fraction of sp³-hybridized carbons (Fsp3) is 0.238. The highest BCUT2D eigenvalue weighted by atomic mass is 32.1. The van der Waals surface area contributed by atoms with E-state index < -0.39 is 0 Å². The molecule has 0 unspecified atom stereocenters. The summed E-state index contributed by atoms with van der Waals surface area (Å²) in [5.41, 5.74) is 1.39. The molecule has 0 aliphatic heterocycles. The van der Waals surface area contributed by atoms with Gasteiger partial charge >= 0.3 is 0 Å². The first-order valence-electron chi connectivity index (χ1n) is 9.59. The Bertz CT molecular complexity index is 1090. The number of carbonyl (C=O) groups excluding carboxylic acids is 2. The van der Waals surface area contributed by atoms with Crippen LogP contribution >= 0.6 is 12.2 Å². The molecule has 0 aliphatic rings. The number of nitrogens with zero attached hydrogens (tertiary/aromatic N) is 2. The quantitative estimate of drug-likeness (QED) is 0.441. The molecule has 0 fully saturated rings. The Morgan fingerprint density at radius 2 is 1.74 bits per heavy atom. The Morgan fingerprint density at radius 1 is 1.06 bits per heavy atom. The number of benzene rings is 2. The van der Waals surface area contributed by atoms with Crippen molar-refractivity contribution in [3.8, 4) is 22.9 Å². The zero-order valence-electron chi connectivity index (χ0n) is 17.2. The van der Waals surface area contributed by atoms with Crippen LogP contribution in [0, 0.1) is 4.77 Å². The van der Waals surface area contributed by atoms with Crippen LogP contribution in [-0.4, -0.2) is 46.8 Å². The number of anilines is 1. The van der Waals surface area contributed by atoms with E-state index in [-0.39, 0.29) is 25.0 Å². The summed E-state index contributed by atoms with van der Waals surface area (Å²) in [6.07, 6.45) is 0. The summed E-state index contributed by atoms with van der Waals surface area (Å²) in [6.45, 7) is 2.32. The lowest BCUT2D eigenvalue weighted by Gasteiger charge is -2.10. The minimum Gasteiger partial charge on any atom is -0.497 e. The summed E-state index contributed by atoms with van der Waals surface area (Å²) >= 11 is 5.28. The number of H-pyrrole nitrogens is 1. The lowest BCUT2D eigenvalue weighted by molar-refractivity contribution is -0.123. The molecule has 3 N–H and O–H groups in total. The first-order chi connectivity index (χ1) is 15.0. The molecule has 1 aromatic heterocycles. The monoisotopic (exact) mass is 441 g/mol. The second-order valence-corrected chi connectivity index (χ2v) is 6.87. The standard InChI is InChI=1S/C21H23N5O4S/c1-3-22-19(28)13-30-17-10-6-15(7-11-17)23-18(27)12-26-20(24-25-21(26)31)14-4-8-16(29-2)9-5-14/h4-11H,3,12-13H2,1-2H3,(H,22,28)(H,23,27)(H,25,31). The third-order valence-corrected chi connectivity index (χ3v) is 4.60. The minimum atomic E-state index is -0.261. The second kappa shape index (κ2) is 10.4. The third-order valence-electron chi connectivity index (χ3n) is 4.29. The summed E-state index contributed by atoms with van der Waals surface area (Å²) in [5.74, 6) is 1.35. The SMILES string of the molecule is CCNC(=O)COc1ccc(NC(=O)Cn2c(-c3ccc(OC)cc3)n[nH]c2=S)cc1. The molecule has 0 saturated heterocycles. The molecule has 0 bridgehead atoms. The fourth-order valence-corrected chi connectivity index (χ4v) is 3.00. The van der Waals surface area contributed by atoms with Gasteiger partial charge < -0.3 is 20.1 Å². The number of methoxy groups -OCH3 is 1. The fourth-order valence-electron chi connectivity index (χ4n) is 2.80. The number of aromatic amines is 1. The molecule has 0 saturated carbocycles. The van der Waals surface area contributed by atoms with Crippen molar-refractivity contribution >= 4 is 29.7 Å². The van der Waals surface area contributed by atoms with E-state index in [4.69, 9.17) is 21.7 Å². The lowest BCUT2D eigenvalue weighted by atomic mass is 10.2. The Balaban J connectivity index is 1.63. The van der Waals surface area contributed by atoms with Gasteiger partial charge in [-0.1, -0.05) is 0 Å². The summed E-state index contributed by atoms with van der Waals surface area (Å²) in [7, 11) is 1.59. The molecule has 0 radical (unpaired) electrons. The maximum absolute atomic E-state index is 12.6. The van der Waals surface area contributed by atoms with Crippen LogP contribution in [0.3, 0.4) is 0 Å². The molecule has 9 nitrogen and oxygen atoms in total. The summed E-state index contributed by atoms with van der Waals surface area (Å²) in [4.78, 5) is 24.0. The molecular weight excluding hydrogens is 418 g/mol. The van der Waals surface area contributed by atoms with Crippen molar-refractivity contribution in [2.45, 2.75) is 13.5 Å². The van der Waals surface area contributed by atoms with E-state index in [1.165, 1.54) is 0 Å². The topological polar surface area (TPSA) is 110 Å². The number of ether oxygens (including phenoxy) is 2. The molecular formula is C21H23N5O4S. The van der Waals surface area contributed by atoms with Crippen molar-refractivity contribution in [1.29, 1.82) is 0 Å². The van der Waals surface area contributed by atoms with E-state index >= 15 is 0 Å². The Hall–Kier alpha value is -3.66. The predicted octanol–water partition coefficient (Wildman–Crippen LogP) is 2.77. The van der Waals surface area contributed by atoms with E-state index in [1.807, 2.05) is 31.2 Å². The van der Waals surface area contributed by atoms with Gasteiger partial charge in [0.05, 0.1) is 7.11 Å². The van der Waals surface area contributed by atoms with Crippen molar-refractivity contribution in [2.24, 2.45) is 0 Å². The van der Waals surface area contributed by atoms with Gasteiger partial charge in [-0.2, -0.15) is 5.10 Å². The van der Waals surface area contributed by atoms with Crippen LogP contribution in [0.25, 0.3) is 11.4 Å². The maximum Gasteiger partial charge on any atom is 0.257 e. The van der Waals surface area contributed by atoms with E-state index in [0.717, 1.165) is 11.3 Å². The summed E-state index contributed by atoms with van der Waals surface area (Å²) < 4.78 is 12.5. The van der Waals surface area contributed by atoms with Crippen LogP contribution in [0.2, 0.25) is 0 Å². The average molecular weight is 442 g/mol. The lowest BCUT2D eigenvalue weighted by Crippen LogP contribution is -2.28. The molecule has 0 spiro atoms. The molecule has 31 heavy (non-hydrogen) atoms. The number of aromatic nitrogens is 3. The highest BCUT2D eigenvalue weighted by Crippen LogP contribution is 2.21.